The highest BCUT2D eigenvalue weighted by molar-refractivity contribution is 5.20. The minimum Gasteiger partial charge on any atom is -0.493 e. The van der Waals surface area contributed by atoms with Crippen molar-refractivity contribution < 1.29 is 9.84 Å². The van der Waals surface area contributed by atoms with Crippen LogP contribution in [0.1, 0.15) is 38.5 Å². The van der Waals surface area contributed by atoms with Crippen LogP contribution in [0.4, 0.5) is 0 Å². The molecule has 1 fully saturated rings. The van der Waals surface area contributed by atoms with Gasteiger partial charge < -0.3 is 9.84 Å². The zero-order valence-electron chi connectivity index (χ0n) is 10.3. The zero-order chi connectivity index (χ0) is 11.9. The Hall–Kier alpha value is -1.02. The van der Waals surface area contributed by atoms with Crippen LogP contribution in [0.2, 0.25) is 0 Å². The molecule has 0 amide bonds. The average molecular weight is 234 g/mol. The van der Waals surface area contributed by atoms with E-state index < -0.39 is 0 Å². The molecular weight excluding hydrogens is 212 g/mol. The Balaban J connectivity index is 1.61. The molecule has 1 N–H and O–H groups in total. The summed E-state index contributed by atoms with van der Waals surface area (Å²) in [4.78, 5) is 0. The lowest BCUT2D eigenvalue weighted by Crippen LogP contribution is -2.15. The van der Waals surface area contributed by atoms with Crippen LogP contribution >= 0.6 is 0 Å². The van der Waals surface area contributed by atoms with E-state index in [0.717, 1.165) is 24.5 Å². The van der Waals surface area contributed by atoms with E-state index in [-0.39, 0.29) is 6.10 Å². The lowest BCUT2D eigenvalue weighted by Gasteiger charge is -2.15. The number of hydrogen-bond acceptors (Lipinski definition) is 2. The van der Waals surface area contributed by atoms with Crippen molar-refractivity contribution in [2.75, 3.05) is 6.61 Å². The van der Waals surface area contributed by atoms with Crippen molar-refractivity contribution in [3.63, 3.8) is 0 Å². The molecule has 1 aromatic carbocycles. The molecule has 0 radical (unpaired) electrons. The van der Waals surface area contributed by atoms with Crippen molar-refractivity contribution in [3.8, 4) is 5.75 Å². The van der Waals surface area contributed by atoms with Crippen LogP contribution < -0.4 is 4.74 Å². The van der Waals surface area contributed by atoms with Gasteiger partial charge in [-0.3, -0.25) is 0 Å². The molecule has 2 heteroatoms. The van der Waals surface area contributed by atoms with Gasteiger partial charge in [0.1, 0.15) is 5.75 Å². The standard InChI is InChI=1S/C15H22O2/c16-14(12-13-6-4-5-7-13)10-11-17-15-8-2-1-3-9-15/h1-3,8-9,13-14,16H,4-7,10-12H2. The fourth-order valence-electron chi connectivity index (χ4n) is 2.58. The van der Waals surface area contributed by atoms with Gasteiger partial charge in [-0.05, 0) is 24.5 Å². The van der Waals surface area contributed by atoms with Gasteiger partial charge in [-0.25, -0.2) is 0 Å². The number of ether oxygens (including phenoxy) is 1. The SMILES string of the molecule is OC(CCOc1ccccc1)CC1CCCC1. The Labute approximate surface area is 104 Å². The van der Waals surface area contributed by atoms with Crippen LogP contribution in [-0.4, -0.2) is 17.8 Å². The van der Waals surface area contributed by atoms with Crippen LogP contribution in [0.3, 0.4) is 0 Å². The first-order chi connectivity index (χ1) is 8.34. The molecule has 1 atom stereocenters. The van der Waals surface area contributed by atoms with Gasteiger partial charge in [0.15, 0.2) is 0 Å². The van der Waals surface area contributed by atoms with Crippen molar-refractivity contribution >= 4 is 0 Å². The molecular formula is C15H22O2. The lowest BCUT2D eigenvalue weighted by molar-refractivity contribution is 0.114. The normalized spacial score (nSPS) is 18.2. The summed E-state index contributed by atoms with van der Waals surface area (Å²) >= 11 is 0. The van der Waals surface area contributed by atoms with Gasteiger partial charge in [0.05, 0.1) is 12.7 Å². The minimum absolute atomic E-state index is 0.193. The Morgan fingerprint density at radius 1 is 1.18 bits per heavy atom. The molecule has 0 saturated heterocycles. The molecule has 1 aliphatic rings. The van der Waals surface area contributed by atoms with E-state index in [9.17, 15) is 5.11 Å². The second-order valence-electron chi connectivity index (χ2n) is 4.99. The number of hydrogen-bond donors (Lipinski definition) is 1. The maximum absolute atomic E-state index is 9.91. The molecule has 0 aliphatic heterocycles. The van der Waals surface area contributed by atoms with E-state index in [1.807, 2.05) is 30.3 Å². The van der Waals surface area contributed by atoms with Crippen LogP contribution in [0.5, 0.6) is 5.75 Å². The molecule has 2 rings (SSSR count). The quantitative estimate of drug-likeness (QED) is 0.817. The topological polar surface area (TPSA) is 29.5 Å². The van der Waals surface area contributed by atoms with Crippen molar-refractivity contribution in [1.82, 2.24) is 0 Å². The van der Waals surface area contributed by atoms with Gasteiger partial charge in [0, 0.05) is 6.42 Å². The first-order valence-electron chi connectivity index (χ1n) is 6.70. The molecule has 1 saturated carbocycles. The number of benzene rings is 1. The summed E-state index contributed by atoms with van der Waals surface area (Å²) in [6.45, 7) is 0.609. The van der Waals surface area contributed by atoms with E-state index in [4.69, 9.17) is 4.74 Å². The third kappa shape index (κ3) is 4.39. The summed E-state index contributed by atoms with van der Waals surface area (Å²) in [5, 5.41) is 9.91. The van der Waals surface area contributed by atoms with E-state index in [1.165, 1.54) is 25.7 Å². The Morgan fingerprint density at radius 2 is 1.88 bits per heavy atom. The molecule has 17 heavy (non-hydrogen) atoms. The smallest absolute Gasteiger partial charge is 0.119 e. The minimum atomic E-state index is -0.193. The van der Waals surface area contributed by atoms with Gasteiger partial charge in [-0.15, -0.1) is 0 Å². The summed E-state index contributed by atoms with van der Waals surface area (Å²) < 4.78 is 5.58. The van der Waals surface area contributed by atoms with Crippen molar-refractivity contribution in [1.29, 1.82) is 0 Å². The molecule has 0 bridgehead atoms. The summed E-state index contributed by atoms with van der Waals surface area (Å²) in [6.07, 6.45) is 6.80. The van der Waals surface area contributed by atoms with Crippen LogP contribution in [-0.2, 0) is 0 Å². The zero-order valence-corrected chi connectivity index (χ0v) is 10.3. The van der Waals surface area contributed by atoms with E-state index in [0.29, 0.717) is 6.61 Å². The Bertz CT molecular complexity index is 304. The number of aliphatic hydroxyl groups excluding tert-OH is 1. The molecule has 0 aromatic heterocycles. The summed E-state index contributed by atoms with van der Waals surface area (Å²) in [7, 11) is 0. The summed E-state index contributed by atoms with van der Waals surface area (Å²) in [5.41, 5.74) is 0. The molecule has 0 spiro atoms. The largest absolute Gasteiger partial charge is 0.493 e. The Kier molecular flexibility index (Phi) is 4.87. The van der Waals surface area contributed by atoms with Gasteiger partial charge in [-0.1, -0.05) is 43.9 Å². The van der Waals surface area contributed by atoms with Crippen LogP contribution in [0.25, 0.3) is 0 Å². The fraction of sp³-hybridized carbons (Fsp3) is 0.600. The third-order valence-electron chi connectivity index (χ3n) is 3.54. The fourth-order valence-corrected chi connectivity index (χ4v) is 2.58. The van der Waals surface area contributed by atoms with Gasteiger partial charge in [0.2, 0.25) is 0 Å². The van der Waals surface area contributed by atoms with E-state index >= 15 is 0 Å². The maximum atomic E-state index is 9.91. The van der Waals surface area contributed by atoms with Crippen molar-refractivity contribution in [2.24, 2.45) is 5.92 Å². The summed E-state index contributed by atoms with van der Waals surface area (Å²) in [5.74, 6) is 1.64. The molecule has 94 valence electrons. The summed E-state index contributed by atoms with van der Waals surface area (Å²) in [6, 6.07) is 9.79. The second kappa shape index (κ2) is 6.65. The molecule has 1 aliphatic carbocycles. The molecule has 2 nitrogen and oxygen atoms in total. The van der Waals surface area contributed by atoms with Crippen LogP contribution in [0.15, 0.2) is 30.3 Å². The Morgan fingerprint density at radius 3 is 2.59 bits per heavy atom. The average Bonchev–Trinajstić information content (AvgIpc) is 2.83. The molecule has 1 aromatic rings. The maximum Gasteiger partial charge on any atom is 0.119 e. The third-order valence-corrected chi connectivity index (χ3v) is 3.54. The van der Waals surface area contributed by atoms with Crippen LogP contribution in [0, 0.1) is 5.92 Å². The predicted molar refractivity (Wildman–Crippen MR) is 69.1 cm³/mol. The van der Waals surface area contributed by atoms with Gasteiger partial charge in [0.25, 0.3) is 0 Å². The second-order valence-corrected chi connectivity index (χ2v) is 4.99. The number of aliphatic hydroxyl groups is 1. The van der Waals surface area contributed by atoms with E-state index in [2.05, 4.69) is 0 Å². The monoisotopic (exact) mass is 234 g/mol. The van der Waals surface area contributed by atoms with Gasteiger partial charge in [-0.2, -0.15) is 0 Å². The first-order valence-corrected chi connectivity index (χ1v) is 6.70. The highest BCUT2D eigenvalue weighted by Gasteiger charge is 2.18. The lowest BCUT2D eigenvalue weighted by atomic mass is 9.99. The number of rotatable bonds is 6. The highest BCUT2D eigenvalue weighted by atomic mass is 16.5. The molecule has 1 unspecified atom stereocenters. The number of para-hydroxylation sites is 1. The van der Waals surface area contributed by atoms with Crippen molar-refractivity contribution in [3.05, 3.63) is 30.3 Å². The van der Waals surface area contributed by atoms with Gasteiger partial charge >= 0.3 is 0 Å². The highest BCUT2D eigenvalue weighted by Crippen LogP contribution is 2.29. The molecule has 0 heterocycles. The van der Waals surface area contributed by atoms with Crippen molar-refractivity contribution in [2.45, 2.75) is 44.6 Å². The predicted octanol–water partition coefficient (Wildman–Crippen LogP) is 3.40. The van der Waals surface area contributed by atoms with E-state index in [1.54, 1.807) is 0 Å². The first kappa shape index (κ1) is 12.4.